The van der Waals surface area contributed by atoms with E-state index in [1.807, 2.05) is 48.5 Å². The summed E-state index contributed by atoms with van der Waals surface area (Å²) in [5.74, 6) is 0.246. The summed E-state index contributed by atoms with van der Waals surface area (Å²) in [6.45, 7) is 0.411. The van der Waals surface area contributed by atoms with Gasteiger partial charge in [0.25, 0.3) is 0 Å². The van der Waals surface area contributed by atoms with Crippen molar-refractivity contribution < 1.29 is 9.13 Å². The molecule has 25 heavy (non-hydrogen) atoms. The second-order valence-corrected chi connectivity index (χ2v) is 6.37. The Kier molecular flexibility index (Phi) is 4.10. The first-order chi connectivity index (χ1) is 12.2. The van der Waals surface area contributed by atoms with Crippen LogP contribution < -0.4 is 10.5 Å². The monoisotopic (exact) mass is 334 g/mol. The van der Waals surface area contributed by atoms with E-state index in [4.69, 9.17) is 10.5 Å². The number of hydrogen-bond donors (Lipinski definition) is 1. The van der Waals surface area contributed by atoms with Gasteiger partial charge in [0.15, 0.2) is 0 Å². The van der Waals surface area contributed by atoms with Gasteiger partial charge in [0.05, 0.1) is 6.20 Å². The summed E-state index contributed by atoms with van der Waals surface area (Å²) in [4.78, 5) is 4.21. The Balaban J connectivity index is 1.65. The zero-order valence-corrected chi connectivity index (χ0v) is 13.8. The van der Waals surface area contributed by atoms with Crippen LogP contribution in [0.25, 0.3) is 0 Å². The van der Waals surface area contributed by atoms with E-state index in [1.165, 1.54) is 17.3 Å². The lowest BCUT2D eigenvalue weighted by molar-refractivity contribution is 0.288. The third-order valence-electron chi connectivity index (χ3n) is 4.68. The minimum atomic E-state index is -0.342. The number of ether oxygens (including phenoxy) is 1. The van der Waals surface area contributed by atoms with Crippen molar-refractivity contribution in [2.24, 2.45) is 0 Å². The summed E-state index contributed by atoms with van der Waals surface area (Å²) >= 11 is 0. The molecule has 0 fully saturated rings. The number of anilines is 1. The molecule has 1 aromatic heterocycles. The van der Waals surface area contributed by atoms with Crippen molar-refractivity contribution in [1.29, 1.82) is 0 Å². The van der Waals surface area contributed by atoms with Gasteiger partial charge in [0.1, 0.15) is 12.4 Å². The van der Waals surface area contributed by atoms with Crippen LogP contribution >= 0.6 is 0 Å². The molecule has 0 amide bonds. The summed E-state index contributed by atoms with van der Waals surface area (Å²) in [5, 5.41) is 0. The number of nitrogen functional groups attached to an aromatic ring is 1. The van der Waals surface area contributed by atoms with E-state index in [9.17, 15) is 4.39 Å². The largest absolute Gasteiger partial charge is 0.473 e. The van der Waals surface area contributed by atoms with Gasteiger partial charge >= 0.3 is 0 Å². The molecule has 1 aliphatic carbocycles. The minimum absolute atomic E-state index is 0.0876. The van der Waals surface area contributed by atoms with Crippen molar-refractivity contribution >= 4 is 5.69 Å². The first kappa shape index (κ1) is 15.6. The number of rotatable bonds is 4. The number of pyridine rings is 1. The molecule has 0 radical (unpaired) electrons. The average Bonchev–Trinajstić information content (AvgIpc) is 3.04. The van der Waals surface area contributed by atoms with Gasteiger partial charge in [0.2, 0.25) is 5.88 Å². The molecule has 0 aliphatic heterocycles. The maximum atomic E-state index is 13.9. The molecule has 3 aromatic rings. The Morgan fingerprint density at radius 2 is 1.92 bits per heavy atom. The molecule has 0 spiro atoms. The Hall–Kier alpha value is -2.88. The summed E-state index contributed by atoms with van der Waals surface area (Å²) < 4.78 is 19.8. The summed E-state index contributed by atoms with van der Waals surface area (Å²) in [6.07, 6.45) is 3.05. The van der Waals surface area contributed by atoms with Crippen molar-refractivity contribution in [3.8, 4) is 5.88 Å². The molecule has 2 aromatic carbocycles. The van der Waals surface area contributed by atoms with Crippen molar-refractivity contribution in [3.05, 3.63) is 88.9 Å². The van der Waals surface area contributed by atoms with Gasteiger partial charge in [0, 0.05) is 17.2 Å². The van der Waals surface area contributed by atoms with E-state index in [0.29, 0.717) is 12.5 Å². The quantitative estimate of drug-likeness (QED) is 0.717. The highest BCUT2D eigenvalue weighted by molar-refractivity contribution is 5.52. The lowest BCUT2D eigenvalue weighted by Gasteiger charge is -2.17. The molecule has 3 nitrogen and oxygen atoms in total. The smallest absolute Gasteiger partial charge is 0.217 e. The predicted octanol–water partition coefficient (Wildman–Crippen LogP) is 4.46. The van der Waals surface area contributed by atoms with Gasteiger partial charge in [-0.25, -0.2) is 9.37 Å². The molecular weight excluding hydrogens is 315 g/mol. The molecule has 0 bridgehead atoms. The van der Waals surface area contributed by atoms with Crippen LogP contribution in [0, 0.1) is 5.82 Å². The number of hydrogen-bond acceptors (Lipinski definition) is 3. The number of fused-ring (bicyclic) bond motifs is 1. The number of halogens is 1. The molecule has 4 heteroatoms. The van der Waals surface area contributed by atoms with Crippen LogP contribution in [0.1, 0.15) is 34.6 Å². The lowest BCUT2D eigenvalue weighted by atomic mass is 9.93. The Labute approximate surface area is 146 Å². The fourth-order valence-electron chi connectivity index (χ4n) is 3.50. The summed E-state index contributed by atoms with van der Waals surface area (Å²) in [5.41, 5.74) is 10.9. The van der Waals surface area contributed by atoms with Crippen molar-refractivity contribution in [1.82, 2.24) is 4.98 Å². The fraction of sp³-hybridized carbons (Fsp3) is 0.190. The van der Waals surface area contributed by atoms with Crippen LogP contribution in [0.4, 0.5) is 10.1 Å². The van der Waals surface area contributed by atoms with Crippen LogP contribution in [0.15, 0.2) is 60.8 Å². The van der Waals surface area contributed by atoms with Crippen LogP contribution in [-0.4, -0.2) is 4.98 Å². The van der Waals surface area contributed by atoms with Crippen molar-refractivity contribution in [3.63, 3.8) is 0 Å². The van der Waals surface area contributed by atoms with E-state index in [1.54, 1.807) is 6.07 Å². The van der Waals surface area contributed by atoms with Crippen LogP contribution in [0.2, 0.25) is 0 Å². The van der Waals surface area contributed by atoms with Crippen molar-refractivity contribution in [2.75, 3.05) is 5.73 Å². The third kappa shape index (κ3) is 3.20. The standard InChI is InChI=1S/C21H19FN2O/c22-16-11-20(19-8-6-15-10-17(23)7-9-18(15)19)21(24-12-16)25-13-14-4-2-1-3-5-14/h1-5,7,9-12,19H,6,8,13,23H2. The van der Waals surface area contributed by atoms with Gasteiger partial charge < -0.3 is 10.5 Å². The fourth-order valence-corrected chi connectivity index (χ4v) is 3.50. The van der Waals surface area contributed by atoms with E-state index >= 15 is 0 Å². The average molecular weight is 334 g/mol. The predicted molar refractivity (Wildman–Crippen MR) is 96.0 cm³/mol. The first-order valence-electron chi connectivity index (χ1n) is 8.41. The van der Waals surface area contributed by atoms with Crippen molar-refractivity contribution in [2.45, 2.75) is 25.4 Å². The summed E-state index contributed by atoms with van der Waals surface area (Å²) in [7, 11) is 0. The van der Waals surface area contributed by atoms with Crippen LogP contribution in [0.5, 0.6) is 5.88 Å². The maximum Gasteiger partial charge on any atom is 0.217 e. The third-order valence-corrected chi connectivity index (χ3v) is 4.68. The highest BCUT2D eigenvalue weighted by Crippen LogP contribution is 2.42. The van der Waals surface area contributed by atoms with Crippen LogP contribution in [0.3, 0.4) is 0 Å². The molecular formula is C21H19FN2O. The van der Waals surface area contributed by atoms with Gasteiger partial charge in [-0.2, -0.15) is 0 Å². The minimum Gasteiger partial charge on any atom is -0.473 e. The Morgan fingerprint density at radius 3 is 2.76 bits per heavy atom. The van der Waals surface area contributed by atoms with Gasteiger partial charge in [-0.3, -0.25) is 0 Å². The van der Waals surface area contributed by atoms with Crippen LogP contribution in [-0.2, 0) is 13.0 Å². The van der Waals surface area contributed by atoms with E-state index in [-0.39, 0.29) is 11.7 Å². The number of nitrogens with zero attached hydrogens (tertiary/aromatic N) is 1. The molecule has 1 heterocycles. The maximum absolute atomic E-state index is 13.9. The molecule has 126 valence electrons. The molecule has 1 aliphatic rings. The number of benzene rings is 2. The highest BCUT2D eigenvalue weighted by Gasteiger charge is 2.27. The molecule has 4 rings (SSSR count). The zero-order chi connectivity index (χ0) is 17.2. The normalized spacial score (nSPS) is 15.8. The molecule has 2 N–H and O–H groups in total. The zero-order valence-electron chi connectivity index (χ0n) is 13.8. The van der Waals surface area contributed by atoms with Gasteiger partial charge in [-0.1, -0.05) is 36.4 Å². The SMILES string of the molecule is Nc1ccc2c(c1)CCC2c1cc(F)cnc1OCc1ccccc1. The highest BCUT2D eigenvalue weighted by atomic mass is 19.1. The first-order valence-corrected chi connectivity index (χ1v) is 8.41. The van der Waals surface area contributed by atoms with E-state index in [2.05, 4.69) is 4.98 Å². The van der Waals surface area contributed by atoms with Gasteiger partial charge in [-0.15, -0.1) is 0 Å². The molecule has 0 saturated heterocycles. The lowest BCUT2D eigenvalue weighted by Crippen LogP contribution is -2.05. The molecule has 1 unspecified atom stereocenters. The van der Waals surface area contributed by atoms with E-state index < -0.39 is 0 Å². The molecule has 0 saturated carbocycles. The number of aryl methyl sites for hydroxylation is 1. The number of nitrogens with two attached hydrogens (primary N) is 1. The van der Waals surface area contributed by atoms with Gasteiger partial charge in [-0.05, 0) is 47.7 Å². The van der Waals surface area contributed by atoms with E-state index in [0.717, 1.165) is 29.7 Å². The topological polar surface area (TPSA) is 48.1 Å². The Bertz CT molecular complexity index is 896. The number of aromatic nitrogens is 1. The second-order valence-electron chi connectivity index (χ2n) is 6.37. The Morgan fingerprint density at radius 1 is 1.08 bits per heavy atom. The second kappa shape index (κ2) is 6.55. The summed E-state index contributed by atoms with van der Waals surface area (Å²) in [6, 6.07) is 17.4. The molecule has 1 atom stereocenters.